The van der Waals surface area contributed by atoms with Crippen LogP contribution in [-0.4, -0.2) is 18.5 Å². The van der Waals surface area contributed by atoms with Gasteiger partial charge in [0.05, 0.1) is 0 Å². The van der Waals surface area contributed by atoms with Crippen LogP contribution in [0, 0.1) is 0 Å². The number of hydrogen-bond donors (Lipinski definition) is 0. The topological polar surface area (TPSA) is 3.24 Å². The molecule has 2 aromatic rings. The number of piperidine rings is 1. The van der Waals surface area contributed by atoms with E-state index in [1.807, 2.05) is 13.8 Å². The first-order chi connectivity index (χ1) is 10.8. The fourth-order valence-corrected chi connectivity index (χ4v) is 4.53. The van der Waals surface area contributed by atoms with Crippen molar-refractivity contribution in [3.63, 3.8) is 0 Å². The first-order valence-corrected chi connectivity index (χ1v) is 8.65. The molecule has 1 heteroatoms. The summed E-state index contributed by atoms with van der Waals surface area (Å²) in [5, 5.41) is 0. The van der Waals surface area contributed by atoms with Crippen molar-refractivity contribution >= 4 is 0 Å². The molecular formula is C21H27N. The van der Waals surface area contributed by atoms with Crippen molar-refractivity contribution in [3.05, 3.63) is 71.3 Å². The standard InChI is InChI=1S/C19H21N.C2H6/c1-20-13-7-12-19(16-9-3-2-4-10-16)14-15-8-5-6-11-17(15)18(19)20;1-2/h2-6,8-11,18H,7,12-14H2,1H3;1-2H3. The van der Waals surface area contributed by atoms with Crippen LogP contribution < -0.4 is 0 Å². The van der Waals surface area contributed by atoms with E-state index in [-0.39, 0.29) is 5.41 Å². The third-order valence-corrected chi connectivity index (χ3v) is 5.30. The SMILES string of the molecule is CC.CN1CCCC2(c3ccccc3)Cc3ccccc3C12. The van der Waals surface area contributed by atoms with Crippen molar-refractivity contribution < 1.29 is 0 Å². The number of hydrogen-bond acceptors (Lipinski definition) is 1. The molecule has 0 saturated carbocycles. The summed E-state index contributed by atoms with van der Waals surface area (Å²) in [4.78, 5) is 2.57. The minimum atomic E-state index is 0.290. The molecule has 1 heterocycles. The molecule has 2 unspecified atom stereocenters. The Hall–Kier alpha value is -1.60. The van der Waals surface area contributed by atoms with Crippen LogP contribution >= 0.6 is 0 Å². The van der Waals surface area contributed by atoms with Crippen LogP contribution in [0.15, 0.2) is 54.6 Å². The molecule has 2 aromatic carbocycles. The molecule has 2 atom stereocenters. The normalized spacial score (nSPS) is 26.6. The summed E-state index contributed by atoms with van der Waals surface area (Å²) in [6, 6.07) is 20.8. The highest BCUT2D eigenvalue weighted by atomic mass is 15.2. The van der Waals surface area contributed by atoms with Gasteiger partial charge in [0.1, 0.15) is 0 Å². The summed E-state index contributed by atoms with van der Waals surface area (Å²) in [5.74, 6) is 0. The Labute approximate surface area is 135 Å². The zero-order valence-electron chi connectivity index (χ0n) is 14.0. The Kier molecular flexibility index (Phi) is 4.35. The molecule has 1 aliphatic carbocycles. The van der Waals surface area contributed by atoms with E-state index in [0.29, 0.717) is 6.04 Å². The van der Waals surface area contributed by atoms with E-state index in [9.17, 15) is 0 Å². The largest absolute Gasteiger partial charge is 0.298 e. The zero-order valence-corrected chi connectivity index (χ0v) is 14.0. The molecule has 0 N–H and O–H groups in total. The summed E-state index contributed by atoms with van der Waals surface area (Å²) in [6.07, 6.45) is 3.80. The molecule has 22 heavy (non-hydrogen) atoms. The molecule has 4 rings (SSSR count). The maximum Gasteiger partial charge on any atom is 0.0447 e. The molecule has 1 aliphatic heterocycles. The van der Waals surface area contributed by atoms with Gasteiger partial charge in [0, 0.05) is 11.5 Å². The number of likely N-dealkylation sites (N-methyl/N-ethyl adjacent to an activating group) is 1. The number of likely N-dealkylation sites (tertiary alicyclic amines) is 1. The lowest BCUT2D eigenvalue weighted by atomic mass is 9.69. The molecule has 1 fully saturated rings. The van der Waals surface area contributed by atoms with E-state index in [0.717, 1.165) is 0 Å². The fraction of sp³-hybridized carbons (Fsp3) is 0.429. The van der Waals surface area contributed by atoms with Gasteiger partial charge in [0.25, 0.3) is 0 Å². The van der Waals surface area contributed by atoms with Gasteiger partial charge in [0.2, 0.25) is 0 Å². The predicted molar refractivity (Wildman–Crippen MR) is 94.2 cm³/mol. The number of nitrogens with zero attached hydrogens (tertiary/aromatic N) is 1. The van der Waals surface area contributed by atoms with E-state index in [1.54, 1.807) is 11.1 Å². The maximum atomic E-state index is 2.57. The zero-order chi connectivity index (χ0) is 15.6. The lowest BCUT2D eigenvalue weighted by Crippen LogP contribution is -2.45. The van der Waals surface area contributed by atoms with Crippen molar-refractivity contribution in [2.45, 2.75) is 44.6 Å². The van der Waals surface area contributed by atoms with Gasteiger partial charge < -0.3 is 0 Å². The Morgan fingerprint density at radius 2 is 1.64 bits per heavy atom. The van der Waals surface area contributed by atoms with Crippen LogP contribution in [0.25, 0.3) is 0 Å². The van der Waals surface area contributed by atoms with Crippen molar-refractivity contribution in [2.75, 3.05) is 13.6 Å². The Morgan fingerprint density at radius 1 is 0.955 bits per heavy atom. The first-order valence-electron chi connectivity index (χ1n) is 8.65. The summed E-state index contributed by atoms with van der Waals surface area (Å²) in [6.45, 7) is 5.22. The molecule has 0 bridgehead atoms. The van der Waals surface area contributed by atoms with Gasteiger partial charge in [-0.3, -0.25) is 4.90 Å². The van der Waals surface area contributed by atoms with Crippen molar-refractivity contribution in [1.82, 2.24) is 4.90 Å². The number of benzene rings is 2. The summed E-state index contributed by atoms with van der Waals surface area (Å²) >= 11 is 0. The van der Waals surface area contributed by atoms with E-state index in [1.165, 1.54) is 31.4 Å². The third-order valence-electron chi connectivity index (χ3n) is 5.30. The molecular weight excluding hydrogens is 266 g/mol. The second-order valence-corrected chi connectivity index (χ2v) is 6.38. The average Bonchev–Trinajstić information content (AvgIpc) is 2.94. The maximum absolute atomic E-state index is 2.57. The van der Waals surface area contributed by atoms with Crippen molar-refractivity contribution in [2.24, 2.45) is 0 Å². The predicted octanol–water partition coefficient (Wildman–Crippen LogP) is 4.97. The minimum Gasteiger partial charge on any atom is -0.298 e. The molecule has 0 amide bonds. The van der Waals surface area contributed by atoms with Gasteiger partial charge in [-0.15, -0.1) is 0 Å². The summed E-state index contributed by atoms with van der Waals surface area (Å²) in [5.41, 5.74) is 4.92. The van der Waals surface area contributed by atoms with Crippen LogP contribution in [0.2, 0.25) is 0 Å². The van der Waals surface area contributed by atoms with Crippen LogP contribution in [-0.2, 0) is 11.8 Å². The van der Waals surface area contributed by atoms with Crippen molar-refractivity contribution in [1.29, 1.82) is 0 Å². The number of rotatable bonds is 1. The number of fused-ring (bicyclic) bond motifs is 3. The minimum absolute atomic E-state index is 0.290. The van der Waals surface area contributed by atoms with Gasteiger partial charge in [-0.2, -0.15) is 0 Å². The summed E-state index contributed by atoms with van der Waals surface area (Å²) < 4.78 is 0. The van der Waals surface area contributed by atoms with E-state index < -0.39 is 0 Å². The molecule has 0 radical (unpaired) electrons. The van der Waals surface area contributed by atoms with Crippen LogP contribution in [0.3, 0.4) is 0 Å². The molecule has 0 aromatic heterocycles. The highest BCUT2D eigenvalue weighted by Gasteiger charge is 2.50. The van der Waals surface area contributed by atoms with E-state index in [4.69, 9.17) is 0 Å². The van der Waals surface area contributed by atoms with Gasteiger partial charge in [0.15, 0.2) is 0 Å². The fourth-order valence-electron chi connectivity index (χ4n) is 4.53. The smallest absolute Gasteiger partial charge is 0.0447 e. The Balaban J connectivity index is 0.000000693. The van der Waals surface area contributed by atoms with Gasteiger partial charge in [-0.25, -0.2) is 0 Å². The molecule has 1 nitrogen and oxygen atoms in total. The molecule has 116 valence electrons. The second kappa shape index (κ2) is 6.26. The van der Waals surface area contributed by atoms with E-state index >= 15 is 0 Å². The second-order valence-electron chi connectivity index (χ2n) is 6.38. The van der Waals surface area contributed by atoms with Gasteiger partial charge in [-0.1, -0.05) is 68.4 Å². The lowest BCUT2D eigenvalue weighted by molar-refractivity contribution is 0.103. The highest BCUT2D eigenvalue weighted by molar-refractivity contribution is 5.46. The van der Waals surface area contributed by atoms with Crippen LogP contribution in [0.5, 0.6) is 0 Å². The average molecular weight is 293 g/mol. The third kappa shape index (κ3) is 2.28. The monoisotopic (exact) mass is 293 g/mol. The quantitative estimate of drug-likeness (QED) is 0.717. The van der Waals surface area contributed by atoms with Crippen molar-refractivity contribution in [3.8, 4) is 0 Å². The van der Waals surface area contributed by atoms with Gasteiger partial charge in [-0.05, 0) is 49.5 Å². The van der Waals surface area contributed by atoms with E-state index in [2.05, 4.69) is 66.5 Å². The molecule has 1 saturated heterocycles. The molecule has 0 spiro atoms. The molecule has 2 aliphatic rings. The van der Waals surface area contributed by atoms with Crippen LogP contribution in [0.1, 0.15) is 49.4 Å². The Morgan fingerprint density at radius 3 is 2.41 bits per heavy atom. The first kappa shape index (κ1) is 15.3. The van der Waals surface area contributed by atoms with Crippen LogP contribution in [0.4, 0.5) is 0 Å². The summed E-state index contributed by atoms with van der Waals surface area (Å²) in [7, 11) is 2.30. The van der Waals surface area contributed by atoms with Gasteiger partial charge >= 0.3 is 0 Å². The lowest BCUT2D eigenvalue weighted by Gasteiger charge is -2.46. The highest BCUT2D eigenvalue weighted by Crippen LogP contribution is 2.54. The Bertz CT molecular complexity index is 619.